The largest absolute Gasteiger partial charge is 0.351 e. The van der Waals surface area contributed by atoms with Crippen molar-refractivity contribution >= 4 is 23.2 Å². The highest BCUT2D eigenvalue weighted by Gasteiger charge is 2.30. The van der Waals surface area contributed by atoms with Gasteiger partial charge in [-0.1, -0.05) is 42.5 Å². The van der Waals surface area contributed by atoms with Crippen molar-refractivity contribution in [1.29, 1.82) is 5.26 Å². The number of hydrogen-bond donors (Lipinski definition) is 3. The third-order valence-corrected chi connectivity index (χ3v) is 6.13. The summed E-state index contributed by atoms with van der Waals surface area (Å²) in [5.74, 6) is -0.938. The van der Waals surface area contributed by atoms with Crippen molar-refractivity contribution in [2.75, 3.05) is 18.4 Å². The monoisotopic (exact) mass is 469 g/mol. The average molecular weight is 470 g/mol. The zero-order valence-corrected chi connectivity index (χ0v) is 20.3. The Morgan fingerprint density at radius 2 is 1.86 bits per heavy atom. The second-order valence-corrected chi connectivity index (χ2v) is 9.94. The first-order valence-electron chi connectivity index (χ1n) is 11.9. The summed E-state index contributed by atoms with van der Waals surface area (Å²) in [7, 11) is 0. The lowest BCUT2D eigenvalue weighted by molar-refractivity contribution is -0.125. The van der Waals surface area contributed by atoms with Crippen LogP contribution >= 0.6 is 0 Å². The molecule has 0 fully saturated rings. The minimum atomic E-state index is -0.420. The highest BCUT2D eigenvalue weighted by Crippen LogP contribution is 2.34. The lowest BCUT2D eigenvalue weighted by Gasteiger charge is -2.26. The zero-order chi connectivity index (χ0) is 25.0. The van der Waals surface area contributed by atoms with Crippen LogP contribution in [-0.2, 0) is 4.79 Å². The van der Waals surface area contributed by atoms with Gasteiger partial charge in [0.25, 0.3) is 5.91 Å². The van der Waals surface area contributed by atoms with Crippen molar-refractivity contribution < 1.29 is 9.59 Å². The molecule has 7 nitrogen and oxygen atoms in total. The standard InChI is InChI=1S/C28H31N5O2/c1-28(2,3)33-26(34)18-12-13-23(19(16-18)17-29)30-14-15-31-25-20-8-4-5-9-21(20)27(35)32-24-11-7-6-10-22(24)25/h4-13,18-19,25,31H,14-16H2,1-3H3,(H,32,35)(H,33,34). The summed E-state index contributed by atoms with van der Waals surface area (Å²) in [6, 6.07) is 17.5. The molecule has 1 aliphatic heterocycles. The van der Waals surface area contributed by atoms with E-state index in [2.05, 4.69) is 27.0 Å². The summed E-state index contributed by atoms with van der Waals surface area (Å²) in [5.41, 5.74) is 3.74. The van der Waals surface area contributed by atoms with Crippen LogP contribution in [0.15, 0.2) is 65.7 Å². The number of carbonyl (C=O) groups is 2. The molecule has 2 aromatic carbocycles. The van der Waals surface area contributed by atoms with E-state index >= 15 is 0 Å². The molecule has 0 saturated heterocycles. The molecule has 3 unspecified atom stereocenters. The zero-order valence-electron chi connectivity index (χ0n) is 20.3. The van der Waals surface area contributed by atoms with E-state index in [4.69, 9.17) is 0 Å². The molecule has 0 bridgehead atoms. The van der Waals surface area contributed by atoms with E-state index in [1.807, 2.05) is 81.5 Å². The predicted molar refractivity (Wildman–Crippen MR) is 137 cm³/mol. The average Bonchev–Trinajstić information content (AvgIpc) is 2.95. The Morgan fingerprint density at radius 3 is 2.60 bits per heavy atom. The minimum absolute atomic E-state index is 0.0661. The molecule has 7 heteroatoms. The minimum Gasteiger partial charge on any atom is -0.351 e. The van der Waals surface area contributed by atoms with Gasteiger partial charge in [-0.3, -0.25) is 14.6 Å². The Kier molecular flexibility index (Phi) is 7.13. The van der Waals surface area contributed by atoms with Crippen molar-refractivity contribution in [2.24, 2.45) is 16.8 Å². The maximum absolute atomic E-state index is 12.7. The fourth-order valence-corrected chi connectivity index (χ4v) is 4.51. The molecule has 180 valence electrons. The van der Waals surface area contributed by atoms with Crippen LogP contribution in [0.3, 0.4) is 0 Å². The van der Waals surface area contributed by atoms with E-state index in [0.717, 1.165) is 16.8 Å². The molecule has 2 amide bonds. The topological polar surface area (TPSA) is 106 Å². The third kappa shape index (κ3) is 5.67. The lowest BCUT2D eigenvalue weighted by atomic mass is 9.85. The van der Waals surface area contributed by atoms with Gasteiger partial charge in [0.1, 0.15) is 0 Å². The number of rotatable bonds is 5. The molecule has 3 atom stereocenters. The molecule has 4 rings (SSSR count). The molecular weight excluding hydrogens is 438 g/mol. The van der Waals surface area contributed by atoms with Crippen molar-refractivity contribution in [2.45, 2.75) is 38.8 Å². The van der Waals surface area contributed by atoms with E-state index in [9.17, 15) is 14.9 Å². The van der Waals surface area contributed by atoms with Gasteiger partial charge in [0.15, 0.2) is 0 Å². The van der Waals surface area contributed by atoms with Crippen LogP contribution in [0, 0.1) is 23.2 Å². The number of fused-ring (bicyclic) bond motifs is 2. The van der Waals surface area contributed by atoms with Gasteiger partial charge in [-0.15, -0.1) is 0 Å². The Bertz CT molecular complexity index is 1220. The van der Waals surface area contributed by atoms with Crippen LogP contribution in [0.2, 0.25) is 0 Å². The molecular formula is C28H31N5O2. The quantitative estimate of drug-likeness (QED) is 0.576. The highest BCUT2D eigenvalue weighted by molar-refractivity contribution is 6.07. The molecule has 3 N–H and O–H groups in total. The third-order valence-electron chi connectivity index (χ3n) is 6.13. The second-order valence-electron chi connectivity index (χ2n) is 9.94. The van der Waals surface area contributed by atoms with Crippen molar-refractivity contribution in [3.05, 3.63) is 77.4 Å². The van der Waals surface area contributed by atoms with Crippen LogP contribution in [0.4, 0.5) is 5.69 Å². The number of anilines is 1. The van der Waals surface area contributed by atoms with Crippen LogP contribution in [0.25, 0.3) is 0 Å². The first-order chi connectivity index (χ1) is 16.8. The highest BCUT2D eigenvalue weighted by atomic mass is 16.2. The Hall–Kier alpha value is -3.76. The summed E-state index contributed by atoms with van der Waals surface area (Å²) in [6.45, 7) is 6.85. The van der Waals surface area contributed by atoms with Gasteiger partial charge in [0, 0.05) is 23.3 Å². The number of benzene rings is 2. The number of allylic oxidation sites excluding steroid dienone is 1. The SMILES string of the molecule is CC(C)(C)NC(=O)C1C=CC(=NCCNC2c3ccccc3NC(=O)c3ccccc32)C(C#N)C1. The van der Waals surface area contributed by atoms with Gasteiger partial charge in [0.2, 0.25) is 5.91 Å². The predicted octanol–water partition coefficient (Wildman–Crippen LogP) is 4.00. The molecule has 1 aliphatic carbocycles. The summed E-state index contributed by atoms with van der Waals surface area (Å²) in [4.78, 5) is 29.9. The van der Waals surface area contributed by atoms with Crippen molar-refractivity contribution in [3.63, 3.8) is 0 Å². The number of para-hydroxylation sites is 1. The Balaban J connectivity index is 1.47. The van der Waals surface area contributed by atoms with Crippen LogP contribution in [-0.4, -0.2) is 36.2 Å². The number of aliphatic imine (C=N–C) groups is 1. The fraction of sp³-hybridized carbons (Fsp3) is 0.357. The van der Waals surface area contributed by atoms with Gasteiger partial charge >= 0.3 is 0 Å². The second kappa shape index (κ2) is 10.2. The van der Waals surface area contributed by atoms with Gasteiger partial charge in [-0.2, -0.15) is 5.26 Å². The van der Waals surface area contributed by atoms with Crippen LogP contribution < -0.4 is 16.0 Å². The molecule has 0 spiro atoms. The molecule has 35 heavy (non-hydrogen) atoms. The summed E-state index contributed by atoms with van der Waals surface area (Å²) < 4.78 is 0. The molecule has 2 aromatic rings. The Morgan fingerprint density at radius 1 is 1.14 bits per heavy atom. The smallest absolute Gasteiger partial charge is 0.256 e. The lowest BCUT2D eigenvalue weighted by Crippen LogP contribution is -2.44. The maximum Gasteiger partial charge on any atom is 0.256 e. The number of nitriles is 1. The first kappa shape index (κ1) is 24.4. The Labute approximate surface area is 206 Å². The van der Waals surface area contributed by atoms with Gasteiger partial charge in [-0.05, 0) is 56.5 Å². The van der Waals surface area contributed by atoms with E-state index in [-0.39, 0.29) is 29.3 Å². The number of hydrogen-bond acceptors (Lipinski definition) is 5. The van der Waals surface area contributed by atoms with Crippen LogP contribution in [0.5, 0.6) is 0 Å². The molecule has 1 heterocycles. The summed E-state index contributed by atoms with van der Waals surface area (Å²) in [6.07, 6.45) is 4.08. The molecule has 0 saturated carbocycles. The van der Waals surface area contributed by atoms with Gasteiger partial charge in [-0.25, -0.2) is 0 Å². The van der Waals surface area contributed by atoms with E-state index < -0.39 is 5.92 Å². The van der Waals surface area contributed by atoms with E-state index in [0.29, 0.717) is 30.8 Å². The number of amides is 2. The number of carbonyl (C=O) groups excluding carboxylic acids is 2. The molecule has 0 radical (unpaired) electrons. The maximum atomic E-state index is 12.7. The summed E-state index contributed by atoms with van der Waals surface area (Å²) >= 11 is 0. The fourth-order valence-electron chi connectivity index (χ4n) is 4.51. The first-order valence-corrected chi connectivity index (χ1v) is 11.9. The van der Waals surface area contributed by atoms with Gasteiger partial charge in [0.05, 0.1) is 36.2 Å². The number of nitrogens with one attached hydrogen (secondary N) is 3. The number of nitrogens with zero attached hydrogens (tertiary/aromatic N) is 2. The van der Waals surface area contributed by atoms with Crippen molar-refractivity contribution in [3.8, 4) is 6.07 Å². The van der Waals surface area contributed by atoms with Crippen molar-refractivity contribution in [1.82, 2.24) is 10.6 Å². The van der Waals surface area contributed by atoms with E-state index in [1.54, 1.807) is 0 Å². The normalized spacial score (nSPS) is 22.4. The van der Waals surface area contributed by atoms with Gasteiger partial charge < -0.3 is 16.0 Å². The molecule has 0 aromatic heterocycles. The van der Waals surface area contributed by atoms with Crippen LogP contribution in [0.1, 0.15) is 54.7 Å². The van der Waals surface area contributed by atoms with E-state index in [1.165, 1.54) is 0 Å². The summed E-state index contributed by atoms with van der Waals surface area (Å²) in [5, 5.41) is 19.2. The molecule has 2 aliphatic rings.